The Morgan fingerprint density at radius 2 is 1.49 bits per heavy atom. The molecule has 4 aromatic rings. The molecule has 0 spiro atoms. The number of fused-ring (bicyclic) bond motifs is 3. The molecule has 2 aliphatic rings. The molecule has 2 aliphatic carbocycles. The van der Waals surface area contributed by atoms with Gasteiger partial charge >= 0.3 is 0 Å². The zero-order valence-corrected chi connectivity index (χ0v) is 20.3. The van der Waals surface area contributed by atoms with Crippen LogP contribution in [-0.2, 0) is 5.41 Å². The summed E-state index contributed by atoms with van der Waals surface area (Å²) >= 11 is 0. The maximum Gasteiger partial charge on any atom is 0.0685 e. The molecule has 0 fully saturated rings. The van der Waals surface area contributed by atoms with E-state index in [0.29, 0.717) is 11.6 Å². The summed E-state index contributed by atoms with van der Waals surface area (Å²) in [6.45, 7) is 4.59. The van der Waals surface area contributed by atoms with E-state index >= 15 is 0 Å². The quantitative estimate of drug-likeness (QED) is 0.300. The van der Waals surface area contributed by atoms with Crippen molar-refractivity contribution in [2.24, 2.45) is 0 Å². The van der Waals surface area contributed by atoms with Gasteiger partial charge in [0.1, 0.15) is 0 Å². The van der Waals surface area contributed by atoms with E-state index in [1.807, 2.05) is 0 Å². The summed E-state index contributed by atoms with van der Waals surface area (Å²) in [6.07, 6.45) is 9.74. The smallest absolute Gasteiger partial charge is 0.0685 e. The van der Waals surface area contributed by atoms with Gasteiger partial charge in [0, 0.05) is 22.5 Å². The normalized spacial score (nSPS) is 17.1. The Morgan fingerprint density at radius 3 is 2.29 bits per heavy atom. The van der Waals surface area contributed by atoms with Gasteiger partial charge in [0.2, 0.25) is 0 Å². The minimum Gasteiger partial charge on any atom is -0.300 e. The molecule has 0 bridgehead atoms. The second-order valence-electron chi connectivity index (χ2n) is 10.2. The van der Waals surface area contributed by atoms with Crippen LogP contribution < -0.4 is 0 Å². The largest absolute Gasteiger partial charge is 0.300 e. The van der Waals surface area contributed by atoms with E-state index in [2.05, 4.69) is 129 Å². The van der Waals surface area contributed by atoms with E-state index in [9.17, 15) is 5.41 Å². The zero-order chi connectivity index (χ0) is 24.0. The number of nitrogens with one attached hydrogen (secondary N) is 1. The van der Waals surface area contributed by atoms with E-state index in [1.54, 1.807) is 0 Å². The van der Waals surface area contributed by atoms with E-state index in [1.165, 1.54) is 38.9 Å². The predicted octanol–water partition coefficient (Wildman–Crippen LogP) is 8.68. The van der Waals surface area contributed by atoms with E-state index in [-0.39, 0.29) is 5.41 Å². The van der Waals surface area contributed by atoms with Gasteiger partial charge in [-0.25, -0.2) is 0 Å². The Hall–Kier alpha value is -3.97. The Bertz CT molecular complexity index is 1500. The van der Waals surface area contributed by atoms with Crippen molar-refractivity contribution in [2.45, 2.75) is 31.6 Å². The third kappa shape index (κ3) is 3.68. The van der Waals surface area contributed by atoms with Gasteiger partial charge in [0.25, 0.3) is 0 Å². The SMILES string of the molecule is CC1(C)c2ccccc2-c2cc(C(=N)c3cc(-c4ccccc4)cc(C4C=CC=CC4)c3)ccc21. The summed E-state index contributed by atoms with van der Waals surface area (Å²) in [4.78, 5) is 0. The molecule has 1 N–H and O–H groups in total. The minimum atomic E-state index is -0.0200. The summed E-state index contributed by atoms with van der Waals surface area (Å²) in [5.74, 6) is 0.336. The van der Waals surface area contributed by atoms with Gasteiger partial charge in [0.05, 0.1) is 5.71 Å². The maximum absolute atomic E-state index is 9.25. The van der Waals surface area contributed by atoms with Crippen molar-refractivity contribution in [1.82, 2.24) is 0 Å². The average Bonchev–Trinajstić information content (AvgIpc) is 3.15. The Kier molecular flexibility index (Phi) is 5.15. The maximum atomic E-state index is 9.25. The minimum absolute atomic E-state index is 0.0200. The summed E-state index contributed by atoms with van der Waals surface area (Å²) in [5, 5.41) is 9.25. The first-order chi connectivity index (χ1) is 17.0. The van der Waals surface area contributed by atoms with Crippen molar-refractivity contribution in [3.05, 3.63) is 143 Å². The van der Waals surface area contributed by atoms with Crippen LogP contribution in [0.1, 0.15) is 54.0 Å². The topological polar surface area (TPSA) is 23.9 Å². The van der Waals surface area contributed by atoms with Crippen molar-refractivity contribution in [3.63, 3.8) is 0 Å². The molecule has 0 heterocycles. The van der Waals surface area contributed by atoms with Crippen molar-refractivity contribution in [2.75, 3.05) is 0 Å². The third-order valence-corrected chi connectivity index (χ3v) is 7.63. The molecule has 35 heavy (non-hydrogen) atoms. The number of benzene rings is 4. The predicted molar refractivity (Wildman–Crippen MR) is 147 cm³/mol. The van der Waals surface area contributed by atoms with E-state index < -0.39 is 0 Å². The highest BCUT2D eigenvalue weighted by molar-refractivity contribution is 6.12. The molecule has 4 aromatic carbocycles. The number of allylic oxidation sites excluding steroid dienone is 4. The Balaban J connectivity index is 1.46. The third-order valence-electron chi connectivity index (χ3n) is 7.63. The van der Waals surface area contributed by atoms with Crippen LogP contribution in [0.2, 0.25) is 0 Å². The number of hydrogen-bond acceptors (Lipinski definition) is 1. The van der Waals surface area contributed by atoms with Crippen LogP contribution in [-0.4, -0.2) is 5.71 Å². The summed E-state index contributed by atoms with van der Waals surface area (Å²) in [6, 6.07) is 32.5. The Morgan fingerprint density at radius 1 is 0.714 bits per heavy atom. The molecule has 170 valence electrons. The van der Waals surface area contributed by atoms with Crippen LogP contribution >= 0.6 is 0 Å². The standard InChI is InChI=1S/C34H29N/c1-34(2)31-16-10-9-15-29(31)30-22-25(17-18-32(30)34)33(35)28-20-26(23-11-5-3-6-12-23)19-27(21-28)24-13-7-4-8-14-24/h3-13,15-22,24,35H,14H2,1-2H3. The lowest BCUT2D eigenvalue weighted by molar-refractivity contribution is 0.660. The van der Waals surface area contributed by atoms with Crippen LogP contribution in [0.25, 0.3) is 22.3 Å². The molecule has 0 saturated carbocycles. The second-order valence-corrected chi connectivity index (χ2v) is 10.2. The summed E-state index contributed by atoms with van der Waals surface area (Å²) in [7, 11) is 0. The fraction of sp³-hybridized carbons (Fsp3) is 0.147. The van der Waals surface area contributed by atoms with Gasteiger partial charge in [-0.15, -0.1) is 0 Å². The molecule has 1 atom stereocenters. The first-order valence-electron chi connectivity index (χ1n) is 12.4. The van der Waals surface area contributed by atoms with E-state index in [4.69, 9.17) is 0 Å². The van der Waals surface area contributed by atoms with Gasteiger partial charge in [-0.3, -0.25) is 5.41 Å². The summed E-state index contributed by atoms with van der Waals surface area (Å²) in [5.41, 5.74) is 11.4. The van der Waals surface area contributed by atoms with Crippen molar-refractivity contribution in [1.29, 1.82) is 5.41 Å². The highest BCUT2D eigenvalue weighted by Crippen LogP contribution is 2.48. The molecule has 0 aliphatic heterocycles. The highest BCUT2D eigenvalue weighted by atomic mass is 14.4. The molecule has 0 radical (unpaired) electrons. The van der Waals surface area contributed by atoms with Crippen molar-refractivity contribution >= 4 is 5.71 Å². The van der Waals surface area contributed by atoms with Crippen LogP contribution in [0.4, 0.5) is 0 Å². The van der Waals surface area contributed by atoms with Crippen LogP contribution in [0.3, 0.4) is 0 Å². The molecule has 0 amide bonds. The molecule has 1 unspecified atom stereocenters. The van der Waals surface area contributed by atoms with Crippen LogP contribution in [0.15, 0.2) is 115 Å². The fourth-order valence-corrected chi connectivity index (χ4v) is 5.68. The molecule has 0 saturated heterocycles. The number of hydrogen-bond donors (Lipinski definition) is 1. The van der Waals surface area contributed by atoms with Crippen molar-refractivity contribution < 1.29 is 0 Å². The Labute approximate surface area is 208 Å². The van der Waals surface area contributed by atoms with Gasteiger partial charge in [-0.1, -0.05) is 111 Å². The summed E-state index contributed by atoms with van der Waals surface area (Å²) < 4.78 is 0. The molecular formula is C34H29N. The van der Waals surface area contributed by atoms with Gasteiger partial charge in [-0.05, 0) is 63.6 Å². The highest BCUT2D eigenvalue weighted by Gasteiger charge is 2.35. The second kappa shape index (κ2) is 8.36. The van der Waals surface area contributed by atoms with Gasteiger partial charge in [0.15, 0.2) is 0 Å². The molecule has 1 heteroatoms. The van der Waals surface area contributed by atoms with Crippen LogP contribution in [0.5, 0.6) is 0 Å². The molecular weight excluding hydrogens is 422 g/mol. The molecule has 6 rings (SSSR count). The fourth-order valence-electron chi connectivity index (χ4n) is 5.68. The van der Waals surface area contributed by atoms with Crippen LogP contribution in [0, 0.1) is 5.41 Å². The average molecular weight is 452 g/mol. The monoisotopic (exact) mass is 451 g/mol. The first kappa shape index (κ1) is 21.6. The van der Waals surface area contributed by atoms with Crippen molar-refractivity contribution in [3.8, 4) is 22.3 Å². The van der Waals surface area contributed by atoms with E-state index in [0.717, 1.165) is 17.5 Å². The molecule has 1 nitrogen and oxygen atoms in total. The van der Waals surface area contributed by atoms with Gasteiger partial charge in [-0.2, -0.15) is 0 Å². The van der Waals surface area contributed by atoms with Gasteiger partial charge < -0.3 is 0 Å². The first-order valence-corrected chi connectivity index (χ1v) is 12.4. The zero-order valence-electron chi connectivity index (χ0n) is 20.3. The lowest BCUT2D eigenvalue weighted by atomic mass is 9.82. The lowest BCUT2D eigenvalue weighted by Crippen LogP contribution is -2.15. The molecule has 0 aromatic heterocycles. The number of rotatable bonds is 4. The lowest BCUT2D eigenvalue weighted by Gasteiger charge is -2.21.